The third kappa shape index (κ3) is 7.77. The fourth-order valence-electron chi connectivity index (χ4n) is 2.72. The maximum atomic E-state index is 12.4. The number of esters is 1. The molecule has 1 fully saturated rings. The second kappa shape index (κ2) is 12.1. The van der Waals surface area contributed by atoms with Crippen LogP contribution in [0.3, 0.4) is 0 Å². The van der Waals surface area contributed by atoms with Crippen molar-refractivity contribution in [1.82, 2.24) is 15.5 Å². The molecule has 1 aromatic carbocycles. The van der Waals surface area contributed by atoms with E-state index < -0.39 is 18.5 Å². The average Bonchev–Trinajstić information content (AvgIpc) is 3.28. The number of thioether (sulfide) groups is 1. The molecule has 1 heterocycles. The van der Waals surface area contributed by atoms with Gasteiger partial charge in [-0.15, -0.1) is 11.8 Å². The molecule has 158 valence electrons. The zero-order valence-electron chi connectivity index (χ0n) is 16.6. The zero-order chi connectivity index (χ0) is 21.1. The van der Waals surface area contributed by atoms with Crippen LogP contribution in [-0.2, 0) is 19.1 Å². The van der Waals surface area contributed by atoms with Gasteiger partial charge in [0.25, 0.3) is 5.91 Å². The fourth-order valence-corrected chi connectivity index (χ4v) is 3.67. The molecule has 9 heteroatoms. The summed E-state index contributed by atoms with van der Waals surface area (Å²) in [5.41, 5.74) is 0.306. The lowest BCUT2D eigenvalue weighted by Gasteiger charge is -2.15. The number of hydrogen-bond donors (Lipinski definition) is 2. The van der Waals surface area contributed by atoms with Gasteiger partial charge in [0, 0.05) is 24.5 Å². The first-order chi connectivity index (χ1) is 14.0. The predicted octanol–water partition coefficient (Wildman–Crippen LogP) is 1.20. The number of amides is 3. The molecule has 1 aliphatic heterocycles. The van der Waals surface area contributed by atoms with E-state index in [0.29, 0.717) is 17.0 Å². The van der Waals surface area contributed by atoms with E-state index in [-0.39, 0.29) is 24.1 Å². The summed E-state index contributed by atoms with van der Waals surface area (Å²) in [6.07, 6.45) is 2.86. The Kier molecular flexibility index (Phi) is 9.49. The molecule has 0 bridgehead atoms. The van der Waals surface area contributed by atoms with E-state index in [4.69, 9.17) is 4.74 Å². The highest BCUT2D eigenvalue weighted by Gasteiger charge is 2.20. The van der Waals surface area contributed by atoms with Crippen molar-refractivity contribution in [3.63, 3.8) is 0 Å². The maximum Gasteiger partial charge on any atom is 0.339 e. The van der Waals surface area contributed by atoms with Crippen LogP contribution in [-0.4, -0.2) is 67.1 Å². The minimum Gasteiger partial charge on any atom is -0.452 e. The van der Waals surface area contributed by atoms with E-state index in [0.717, 1.165) is 32.4 Å². The molecule has 0 aliphatic carbocycles. The zero-order valence-corrected chi connectivity index (χ0v) is 17.4. The van der Waals surface area contributed by atoms with Crippen LogP contribution in [0.4, 0.5) is 0 Å². The molecule has 0 saturated carbocycles. The predicted molar refractivity (Wildman–Crippen MR) is 110 cm³/mol. The normalized spacial score (nSPS) is 13.1. The van der Waals surface area contributed by atoms with Crippen molar-refractivity contribution in [2.45, 2.75) is 31.1 Å². The van der Waals surface area contributed by atoms with Crippen molar-refractivity contribution < 1.29 is 23.9 Å². The van der Waals surface area contributed by atoms with Crippen LogP contribution in [0.5, 0.6) is 0 Å². The summed E-state index contributed by atoms with van der Waals surface area (Å²) in [7, 11) is 0. The standard InChI is InChI=1S/C20H27N3O5S/c1-2-9-21-17(24)12-22-18(25)13-28-20(27)15-7-3-4-8-16(15)29-14-19(26)23-10-5-6-11-23/h3-4,7-8H,2,5-6,9-14H2,1H3,(H,21,24)(H,22,25). The second-order valence-electron chi connectivity index (χ2n) is 6.58. The van der Waals surface area contributed by atoms with Crippen LogP contribution in [0.25, 0.3) is 0 Å². The van der Waals surface area contributed by atoms with Crippen molar-refractivity contribution in [3.8, 4) is 0 Å². The smallest absolute Gasteiger partial charge is 0.339 e. The van der Waals surface area contributed by atoms with E-state index in [1.165, 1.54) is 11.8 Å². The Labute approximate surface area is 174 Å². The van der Waals surface area contributed by atoms with E-state index in [2.05, 4.69) is 10.6 Å². The van der Waals surface area contributed by atoms with Gasteiger partial charge in [-0.1, -0.05) is 19.1 Å². The molecule has 0 radical (unpaired) electrons. The minimum absolute atomic E-state index is 0.0522. The molecule has 2 rings (SSSR count). The highest BCUT2D eigenvalue weighted by Crippen LogP contribution is 2.24. The fraction of sp³-hybridized carbons (Fsp3) is 0.500. The monoisotopic (exact) mass is 421 g/mol. The number of rotatable bonds is 10. The van der Waals surface area contributed by atoms with Gasteiger partial charge in [-0.25, -0.2) is 4.79 Å². The minimum atomic E-state index is -0.646. The molecule has 0 unspecified atom stereocenters. The summed E-state index contributed by atoms with van der Waals surface area (Å²) < 4.78 is 5.06. The van der Waals surface area contributed by atoms with Crippen molar-refractivity contribution in [3.05, 3.63) is 29.8 Å². The third-order valence-electron chi connectivity index (χ3n) is 4.27. The van der Waals surface area contributed by atoms with Crippen LogP contribution < -0.4 is 10.6 Å². The largest absolute Gasteiger partial charge is 0.452 e. The van der Waals surface area contributed by atoms with Gasteiger partial charge in [0.15, 0.2) is 6.61 Å². The number of carbonyl (C=O) groups is 4. The molecule has 2 N–H and O–H groups in total. The molecular weight excluding hydrogens is 394 g/mol. The van der Waals surface area contributed by atoms with Crippen LogP contribution in [0, 0.1) is 0 Å². The number of nitrogens with one attached hydrogen (secondary N) is 2. The Hall–Kier alpha value is -2.55. The first-order valence-corrected chi connectivity index (χ1v) is 10.7. The number of likely N-dealkylation sites (tertiary alicyclic amines) is 1. The molecule has 8 nitrogen and oxygen atoms in total. The van der Waals surface area contributed by atoms with Crippen molar-refractivity contribution >= 4 is 35.5 Å². The van der Waals surface area contributed by atoms with Crippen LogP contribution >= 0.6 is 11.8 Å². The first kappa shape index (κ1) is 22.7. The highest BCUT2D eigenvalue weighted by molar-refractivity contribution is 8.00. The Morgan fingerprint density at radius 3 is 2.52 bits per heavy atom. The molecule has 1 aromatic rings. The summed E-state index contributed by atoms with van der Waals surface area (Å²) in [5, 5.41) is 5.03. The van der Waals surface area contributed by atoms with Gasteiger partial charge in [0.1, 0.15) is 0 Å². The topological polar surface area (TPSA) is 105 Å². The molecular formula is C20H27N3O5S. The van der Waals surface area contributed by atoms with Crippen molar-refractivity contribution in [1.29, 1.82) is 0 Å². The molecule has 29 heavy (non-hydrogen) atoms. The van der Waals surface area contributed by atoms with Gasteiger partial charge in [0.2, 0.25) is 11.8 Å². The average molecular weight is 422 g/mol. The maximum absolute atomic E-state index is 12.4. The van der Waals surface area contributed by atoms with Gasteiger partial charge in [-0.2, -0.15) is 0 Å². The van der Waals surface area contributed by atoms with E-state index in [1.807, 2.05) is 11.8 Å². The van der Waals surface area contributed by atoms with E-state index in [1.54, 1.807) is 24.3 Å². The lowest BCUT2D eigenvalue weighted by atomic mass is 10.2. The van der Waals surface area contributed by atoms with Crippen LogP contribution in [0.2, 0.25) is 0 Å². The van der Waals surface area contributed by atoms with Gasteiger partial charge in [-0.3, -0.25) is 14.4 Å². The van der Waals surface area contributed by atoms with Crippen molar-refractivity contribution in [2.75, 3.05) is 38.5 Å². The first-order valence-electron chi connectivity index (χ1n) is 9.71. The van der Waals surface area contributed by atoms with Crippen LogP contribution in [0.1, 0.15) is 36.5 Å². The lowest BCUT2D eigenvalue weighted by molar-refractivity contribution is -0.127. The van der Waals surface area contributed by atoms with Gasteiger partial charge in [0.05, 0.1) is 17.9 Å². The van der Waals surface area contributed by atoms with Gasteiger partial charge < -0.3 is 20.3 Å². The van der Waals surface area contributed by atoms with E-state index >= 15 is 0 Å². The second-order valence-corrected chi connectivity index (χ2v) is 7.59. The molecule has 0 atom stereocenters. The number of benzene rings is 1. The summed E-state index contributed by atoms with van der Waals surface area (Å²) in [6, 6.07) is 6.82. The Morgan fingerprint density at radius 1 is 1.07 bits per heavy atom. The molecule has 0 aromatic heterocycles. The lowest BCUT2D eigenvalue weighted by Crippen LogP contribution is -2.38. The summed E-state index contributed by atoms with van der Waals surface area (Å²) in [5.74, 6) is -1.20. The van der Waals surface area contributed by atoms with Gasteiger partial charge >= 0.3 is 5.97 Å². The molecule has 1 saturated heterocycles. The SMILES string of the molecule is CCCNC(=O)CNC(=O)COC(=O)c1ccccc1SCC(=O)N1CCCC1. The van der Waals surface area contributed by atoms with E-state index in [9.17, 15) is 19.2 Å². The summed E-state index contributed by atoms with van der Waals surface area (Å²) >= 11 is 1.28. The van der Waals surface area contributed by atoms with Gasteiger partial charge in [-0.05, 0) is 31.4 Å². The quantitative estimate of drug-likeness (QED) is 0.435. The molecule has 1 aliphatic rings. The number of carbonyl (C=O) groups excluding carboxylic acids is 4. The number of ether oxygens (including phenoxy) is 1. The number of hydrogen-bond acceptors (Lipinski definition) is 6. The number of nitrogens with zero attached hydrogens (tertiary/aromatic N) is 1. The van der Waals surface area contributed by atoms with Crippen LogP contribution in [0.15, 0.2) is 29.2 Å². The van der Waals surface area contributed by atoms with Crippen molar-refractivity contribution in [2.24, 2.45) is 0 Å². The Balaban J connectivity index is 1.80. The summed E-state index contributed by atoms with van der Waals surface area (Å²) in [4.78, 5) is 50.3. The Morgan fingerprint density at radius 2 is 1.79 bits per heavy atom. The highest BCUT2D eigenvalue weighted by atomic mass is 32.2. The third-order valence-corrected chi connectivity index (χ3v) is 5.33. The summed E-state index contributed by atoms with van der Waals surface area (Å²) in [6.45, 7) is 3.39. The Bertz CT molecular complexity index is 735. The molecule has 0 spiro atoms. The molecule has 3 amide bonds.